The summed E-state index contributed by atoms with van der Waals surface area (Å²) in [5.41, 5.74) is 1.71. The van der Waals surface area contributed by atoms with Crippen LogP contribution >= 0.6 is 8.25 Å². The summed E-state index contributed by atoms with van der Waals surface area (Å²) in [7, 11) is -0.977. The molecule has 0 radical (unpaired) electrons. The topological polar surface area (TPSA) is 64.6 Å². The fourth-order valence-electron chi connectivity index (χ4n) is 0.102. The van der Waals surface area contributed by atoms with E-state index in [1.54, 1.807) is 5.48 Å². The molecule has 0 aromatic carbocycles. The first-order valence-corrected chi connectivity index (χ1v) is 2.78. The van der Waals surface area contributed by atoms with Crippen molar-refractivity contribution < 1.29 is 49.5 Å². The van der Waals surface area contributed by atoms with Crippen LogP contribution in [0.4, 0.5) is 0 Å². The van der Waals surface area contributed by atoms with Gasteiger partial charge in [0.1, 0.15) is 0 Å². The van der Waals surface area contributed by atoms with Gasteiger partial charge in [-0.2, -0.15) is 5.48 Å². The van der Waals surface area contributed by atoms with E-state index in [2.05, 4.69) is 9.15 Å². The van der Waals surface area contributed by atoms with E-state index < -0.39 is 8.25 Å². The molecule has 1 unspecified atom stereocenters. The van der Waals surface area contributed by atoms with Crippen molar-refractivity contribution in [2.24, 2.45) is 0 Å². The van der Waals surface area contributed by atoms with Crippen molar-refractivity contribution in [2.45, 2.75) is 0 Å². The maximum atomic E-state index is 10.1. The van der Waals surface area contributed by atoms with Gasteiger partial charge in [-0.25, -0.2) is 0 Å². The first kappa shape index (κ1) is 12.2. The fourth-order valence-corrected chi connectivity index (χ4v) is 0.305. The monoisotopic (exact) mass is 162 g/mol. The molecule has 0 aliphatic heterocycles. The molecule has 5 nitrogen and oxygen atoms in total. The normalized spacial score (nSPS) is 9.22. The van der Waals surface area contributed by atoms with E-state index in [4.69, 9.17) is 0 Å². The minimum absolute atomic E-state index is 0. The van der Waals surface area contributed by atoms with E-state index in [0.717, 1.165) is 0 Å². The number of amides is 1. The number of carbonyl (C=O) groups excluding carboxylic acids is 1. The Bertz CT molecular complexity index is 103. The minimum atomic E-state index is -2.18. The van der Waals surface area contributed by atoms with Crippen LogP contribution in [0.1, 0.15) is 1.43 Å². The molecule has 0 fully saturated rings. The Morgan fingerprint density at radius 1 is 1.78 bits per heavy atom. The standard InChI is InChI=1S/C2H4NO4P.Na.H/c1-6-8(5)7-3-2-4;;/h2H,1H3;;/q;+1;-1/p+1. The average Bonchev–Trinajstić information content (AvgIpc) is 1.83. The van der Waals surface area contributed by atoms with Gasteiger partial charge in [0.05, 0.1) is 7.11 Å². The van der Waals surface area contributed by atoms with Crippen LogP contribution < -0.4 is 35.0 Å². The first-order chi connectivity index (χ1) is 3.81. The maximum Gasteiger partial charge on any atom is 1.00 e. The van der Waals surface area contributed by atoms with Crippen molar-refractivity contribution in [2.75, 3.05) is 7.11 Å². The van der Waals surface area contributed by atoms with Crippen molar-refractivity contribution >= 4 is 14.7 Å². The van der Waals surface area contributed by atoms with E-state index >= 15 is 0 Å². The largest absolute Gasteiger partial charge is 1.00 e. The SMILES string of the molecule is CO[P+](=O)ONC=O.[H-].[Na+]. The predicted molar refractivity (Wildman–Crippen MR) is 26.0 cm³/mol. The third-order valence-electron chi connectivity index (χ3n) is 0.324. The summed E-state index contributed by atoms with van der Waals surface area (Å²) in [4.78, 5) is 9.41. The van der Waals surface area contributed by atoms with Crippen molar-refractivity contribution in [3.63, 3.8) is 0 Å². The third-order valence-corrected chi connectivity index (χ3v) is 0.877. The molecule has 1 atom stereocenters. The van der Waals surface area contributed by atoms with Crippen LogP contribution in [0.5, 0.6) is 0 Å². The quantitative estimate of drug-likeness (QED) is 0.208. The van der Waals surface area contributed by atoms with Crippen LogP contribution in [-0.4, -0.2) is 13.5 Å². The maximum absolute atomic E-state index is 10.1. The Balaban J connectivity index is -0.000000245. The molecule has 0 aliphatic carbocycles. The second-order valence-electron chi connectivity index (χ2n) is 0.733. The molecule has 1 N–H and O–H groups in total. The molecule has 0 spiro atoms. The summed E-state index contributed by atoms with van der Waals surface area (Å²) in [6, 6.07) is 0. The molecule has 1 amide bonds. The number of nitrogens with one attached hydrogen (secondary N) is 1. The number of hydrogen-bond donors (Lipinski definition) is 1. The van der Waals surface area contributed by atoms with Crippen LogP contribution in [0.3, 0.4) is 0 Å². The molecule has 0 saturated carbocycles. The number of carbonyl (C=O) groups is 1. The molecule has 0 rings (SSSR count). The summed E-state index contributed by atoms with van der Waals surface area (Å²) in [6.07, 6.45) is 0.256. The fraction of sp³-hybridized carbons (Fsp3) is 0.500. The first-order valence-electron chi connectivity index (χ1n) is 1.68. The van der Waals surface area contributed by atoms with Gasteiger partial charge in [0, 0.05) is 9.19 Å². The van der Waals surface area contributed by atoms with Crippen LogP contribution in [0, 0.1) is 0 Å². The Labute approximate surface area is 76.8 Å². The predicted octanol–water partition coefficient (Wildman–Crippen LogP) is -2.92. The second-order valence-corrected chi connectivity index (χ2v) is 1.73. The van der Waals surface area contributed by atoms with Gasteiger partial charge in [0.15, 0.2) is 0 Å². The molecule has 9 heavy (non-hydrogen) atoms. The van der Waals surface area contributed by atoms with Crippen LogP contribution in [0.25, 0.3) is 0 Å². The zero-order valence-corrected chi connectivity index (χ0v) is 8.05. The number of hydroxylamine groups is 1. The molecular weight excluding hydrogens is 156 g/mol. The Kier molecular flexibility index (Phi) is 11.5. The van der Waals surface area contributed by atoms with Gasteiger partial charge in [-0.1, -0.05) is 0 Å². The zero-order valence-electron chi connectivity index (χ0n) is 6.16. The van der Waals surface area contributed by atoms with Gasteiger partial charge in [-0.05, 0) is 0 Å². The van der Waals surface area contributed by atoms with Crippen LogP contribution in [-0.2, 0) is 18.5 Å². The molecule has 0 aromatic heterocycles. The molecule has 7 heteroatoms. The average molecular weight is 162 g/mol. The third kappa shape index (κ3) is 8.49. The Morgan fingerprint density at radius 3 is 2.67 bits per heavy atom. The molecule has 0 bridgehead atoms. The molecule has 0 heterocycles. The Morgan fingerprint density at radius 2 is 2.33 bits per heavy atom. The number of rotatable bonds is 4. The summed E-state index contributed by atoms with van der Waals surface area (Å²) < 4.78 is 18.2. The summed E-state index contributed by atoms with van der Waals surface area (Å²) in [5, 5.41) is 0. The van der Waals surface area contributed by atoms with Crippen LogP contribution in [0.2, 0.25) is 0 Å². The molecule has 0 saturated heterocycles. The number of hydrogen-bond acceptors (Lipinski definition) is 4. The van der Waals surface area contributed by atoms with Gasteiger partial charge in [-0.3, -0.25) is 4.79 Å². The van der Waals surface area contributed by atoms with Crippen molar-refractivity contribution in [3.05, 3.63) is 0 Å². The zero-order chi connectivity index (χ0) is 6.41. The van der Waals surface area contributed by atoms with E-state index in [9.17, 15) is 9.36 Å². The molecule has 0 aromatic rings. The van der Waals surface area contributed by atoms with Gasteiger partial charge in [0.2, 0.25) is 6.41 Å². The van der Waals surface area contributed by atoms with Gasteiger partial charge < -0.3 is 1.43 Å². The summed E-state index contributed by atoms with van der Waals surface area (Å²) >= 11 is 0. The Hall–Kier alpha value is 0.490. The van der Waals surface area contributed by atoms with Gasteiger partial charge in [-0.15, -0.1) is 4.52 Å². The summed E-state index contributed by atoms with van der Waals surface area (Å²) in [5.74, 6) is 0. The molecule has 48 valence electrons. The van der Waals surface area contributed by atoms with Gasteiger partial charge >= 0.3 is 37.8 Å². The van der Waals surface area contributed by atoms with E-state index in [1.807, 2.05) is 0 Å². The van der Waals surface area contributed by atoms with Crippen molar-refractivity contribution in [1.29, 1.82) is 0 Å². The van der Waals surface area contributed by atoms with E-state index in [-0.39, 0.29) is 37.4 Å². The van der Waals surface area contributed by atoms with Crippen molar-refractivity contribution in [1.82, 2.24) is 5.48 Å². The van der Waals surface area contributed by atoms with Crippen molar-refractivity contribution in [3.8, 4) is 0 Å². The van der Waals surface area contributed by atoms with Crippen LogP contribution in [0.15, 0.2) is 0 Å². The molecule has 0 aliphatic rings. The van der Waals surface area contributed by atoms with Gasteiger partial charge in [0.25, 0.3) is 0 Å². The van der Waals surface area contributed by atoms with E-state index in [0.29, 0.717) is 0 Å². The molecular formula is C2H6NNaO4P+. The summed E-state index contributed by atoms with van der Waals surface area (Å²) in [6.45, 7) is 0. The minimum Gasteiger partial charge on any atom is -1.00 e. The van der Waals surface area contributed by atoms with E-state index in [1.165, 1.54) is 7.11 Å². The smallest absolute Gasteiger partial charge is 1.00 e. The second kappa shape index (κ2) is 8.49.